The van der Waals surface area contributed by atoms with Crippen LogP contribution >= 0.6 is 23.4 Å². The Balaban J connectivity index is 1.77. The van der Waals surface area contributed by atoms with Crippen LogP contribution in [0.15, 0.2) is 25.8 Å². The van der Waals surface area contributed by atoms with Crippen LogP contribution in [0.1, 0.15) is 26.0 Å². The van der Waals surface area contributed by atoms with Gasteiger partial charge in [-0.1, -0.05) is 25.4 Å². The third-order valence-corrected chi connectivity index (χ3v) is 6.00. The first-order valence-corrected chi connectivity index (χ1v) is 10.6. The smallest absolute Gasteiger partial charge is 0.329 e. The molecule has 1 aliphatic heterocycles. The summed E-state index contributed by atoms with van der Waals surface area (Å²) in [5, 5.41) is 11.7. The number of fused-ring (bicyclic) bond motifs is 1. The lowest BCUT2D eigenvalue weighted by Gasteiger charge is -2.37. The summed E-state index contributed by atoms with van der Waals surface area (Å²) in [5.41, 5.74) is 0.630. The minimum absolute atomic E-state index is 0.360. The van der Waals surface area contributed by atoms with Gasteiger partial charge in [0.2, 0.25) is 0 Å². The Morgan fingerprint density at radius 2 is 2.03 bits per heavy atom. The molecular formula is C18H21ClN6O3S. The summed E-state index contributed by atoms with van der Waals surface area (Å²) in [4.78, 5) is 41.4. The second kappa shape index (κ2) is 7.85. The number of halogens is 1. The molecule has 1 fully saturated rings. The van der Waals surface area contributed by atoms with Gasteiger partial charge in [0.15, 0.2) is 5.16 Å². The standard InChI is InChI=1S/C18H21ClN6O3S/c1-3-5-25-12(27)6-11(21-18(25)28)29-17-22-15-13(14(19)10(4-2)20-15)16(23-17)24-7-9(26)8-24/h6,9,26H,3-5,7-8H2,1-2H3,(H,21,28)(H,20,22,23). The van der Waals surface area contributed by atoms with Gasteiger partial charge in [0.25, 0.3) is 5.56 Å². The summed E-state index contributed by atoms with van der Waals surface area (Å²) < 4.78 is 1.17. The van der Waals surface area contributed by atoms with E-state index in [0.717, 1.165) is 17.5 Å². The second-order valence-corrected chi connectivity index (χ2v) is 8.30. The van der Waals surface area contributed by atoms with E-state index in [2.05, 4.69) is 19.9 Å². The van der Waals surface area contributed by atoms with Crippen LogP contribution in [0.3, 0.4) is 0 Å². The fourth-order valence-corrected chi connectivity index (χ4v) is 4.42. The number of aliphatic hydroxyl groups excluding tert-OH is 1. The zero-order valence-corrected chi connectivity index (χ0v) is 17.6. The number of anilines is 1. The number of aromatic amines is 2. The fraction of sp³-hybridized carbons (Fsp3) is 0.444. The summed E-state index contributed by atoms with van der Waals surface area (Å²) in [7, 11) is 0. The Kier molecular flexibility index (Phi) is 5.41. The third kappa shape index (κ3) is 3.67. The summed E-state index contributed by atoms with van der Waals surface area (Å²) in [6.45, 7) is 5.18. The molecule has 3 aromatic heterocycles. The van der Waals surface area contributed by atoms with Crippen molar-refractivity contribution in [3.63, 3.8) is 0 Å². The molecule has 0 saturated carbocycles. The van der Waals surface area contributed by atoms with Crippen molar-refractivity contribution >= 4 is 40.2 Å². The van der Waals surface area contributed by atoms with Crippen molar-refractivity contribution in [3.8, 4) is 0 Å². The maximum absolute atomic E-state index is 12.2. The van der Waals surface area contributed by atoms with E-state index in [4.69, 9.17) is 11.6 Å². The quantitative estimate of drug-likeness (QED) is 0.397. The highest BCUT2D eigenvalue weighted by Crippen LogP contribution is 2.37. The number of hydrogen-bond acceptors (Lipinski definition) is 7. The maximum atomic E-state index is 12.2. The van der Waals surface area contributed by atoms with Crippen LogP contribution in [0, 0.1) is 0 Å². The van der Waals surface area contributed by atoms with E-state index in [1.54, 1.807) is 0 Å². The van der Waals surface area contributed by atoms with E-state index in [0.29, 0.717) is 64.5 Å². The van der Waals surface area contributed by atoms with Gasteiger partial charge in [0, 0.05) is 31.4 Å². The van der Waals surface area contributed by atoms with Gasteiger partial charge in [-0.2, -0.15) is 0 Å². The van der Waals surface area contributed by atoms with Gasteiger partial charge in [-0.25, -0.2) is 14.8 Å². The van der Waals surface area contributed by atoms with Crippen LogP contribution in [-0.2, 0) is 13.0 Å². The summed E-state index contributed by atoms with van der Waals surface area (Å²) in [5.74, 6) is 0.630. The molecule has 154 valence electrons. The van der Waals surface area contributed by atoms with Crippen molar-refractivity contribution in [2.45, 2.75) is 49.5 Å². The molecule has 4 heterocycles. The average molecular weight is 437 g/mol. The highest BCUT2D eigenvalue weighted by atomic mass is 35.5. The Morgan fingerprint density at radius 3 is 2.66 bits per heavy atom. The molecule has 1 saturated heterocycles. The van der Waals surface area contributed by atoms with Crippen molar-refractivity contribution in [2.75, 3.05) is 18.0 Å². The molecular weight excluding hydrogens is 416 g/mol. The van der Waals surface area contributed by atoms with Crippen LogP contribution in [0.2, 0.25) is 5.02 Å². The Labute approximate surface area is 175 Å². The van der Waals surface area contributed by atoms with Crippen molar-refractivity contribution in [3.05, 3.63) is 37.6 Å². The number of aliphatic hydroxyl groups is 1. The Morgan fingerprint density at radius 1 is 1.28 bits per heavy atom. The summed E-state index contributed by atoms with van der Waals surface area (Å²) in [6.07, 6.45) is 0.998. The fourth-order valence-electron chi connectivity index (χ4n) is 3.30. The van der Waals surface area contributed by atoms with Gasteiger partial charge in [-0.05, 0) is 24.6 Å². The molecule has 0 amide bonds. The lowest BCUT2D eigenvalue weighted by Crippen LogP contribution is -2.51. The first kappa shape index (κ1) is 20.0. The number of hydrogen-bond donors (Lipinski definition) is 3. The monoisotopic (exact) mass is 436 g/mol. The molecule has 9 nitrogen and oxygen atoms in total. The zero-order chi connectivity index (χ0) is 20.7. The third-order valence-electron chi connectivity index (χ3n) is 4.78. The van der Waals surface area contributed by atoms with E-state index in [-0.39, 0.29) is 5.56 Å². The number of aryl methyl sites for hydroxylation is 1. The number of nitrogens with one attached hydrogen (secondary N) is 2. The SMILES string of the molecule is CCCn1c(=O)cc(Sc2nc(N3CC(O)C3)c3c(Cl)c(CC)[nH]c3n2)[nH]c1=O. The van der Waals surface area contributed by atoms with Crippen molar-refractivity contribution in [2.24, 2.45) is 0 Å². The van der Waals surface area contributed by atoms with Crippen LogP contribution < -0.4 is 16.1 Å². The van der Waals surface area contributed by atoms with Gasteiger partial charge < -0.3 is 20.0 Å². The van der Waals surface area contributed by atoms with Crippen LogP contribution in [-0.4, -0.2) is 48.8 Å². The molecule has 29 heavy (non-hydrogen) atoms. The Hall–Kier alpha value is -2.30. The molecule has 3 N–H and O–H groups in total. The topological polar surface area (TPSA) is 120 Å². The normalized spacial score (nSPS) is 14.6. The first-order valence-electron chi connectivity index (χ1n) is 9.44. The van der Waals surface area contributed by atoms with Crippen molar-refractivity contribution in [1.82, 2.24) is 24.5 Å². The molecule has 3 aromatic rings. The van der Waals surface area contributed by atoms with Crippen LogP contribution in [0.5, 0.6) is 0 Å². The predicted octanol–water partition coefficient (Wildman–Crippen LogP) is 1.77. The molecule has 11 heteroatoms. The number of aromatic nitrogens is 5. The lowest BCUT2D eigenvalue weighted by atomic mass is 10.1. The summed E-state index contributed by atoms with van der Waals surface area (Å²) in [6, 6.07) is 1.38. The molecule has 4 rings (SSSR count). The number of nitrogens with zero attached hydrogens (tertiary/aromatic N) is 4. The van der Waals surface area contributed by atoms with E-state index < -0.39 is 11.8 Å². The minimum atomic E-state index is -0.454. The molecule has 0 atom stereocenters. The summed E-state index contributed by atoms with van der Waals surface area (Å²) >= 11 is 7.63. The molecule has 0 aliphatic carbocycles. The predicted molar refractivity (Wildman–Crippen MR) is 112 cm³/mol. The molecule has 0 spiro atoms. The van der Waals surface area contributed by atoms with Gasteiger partial charge >= 0.3 is 5.69 Å². The highest BCUT2D eigenvalue weighted by molar-refractivity contribution is 7.99. The van der Waals surface area contributed by atoms with Gasteiger partial charge in [0.05, 0.1) is 21.5 Å². The maximum Gasteiger partial charge on any atom is 0.329 e. The van der Waals surface area contributed by atoms with Gasteiger partial charge in [-0.3, -0.25) is 9.36 Å². The van der Waals surface area contributed by atoms with E-state index in [9.17, 15) is 14.7 Å². The molecule has 0 bridgehead atoms. The number of β-amino-alcohol motifs (C(OH)–C–C–N with tert-alkyl or cyclic N) is 1. The zero-order valence-electron chi connectivity index (χ0n) is 16.0. The van der Waals surface area contributed by atoms with Crippen molar-refractivity contribution < 1.29 is 5.11 Å². The van der Waals surface area contributed by atoms with E-state index in [1.165, 1.54) is 10.6 Å². The largest absolute Gasteiger partial charge is 0.389 e. The molecule has 0 aromatic carbocycles. The van der Waals surface area contributed by atoms with Crippen LogP contribution in [0.25, 0.3) is 11.0 Å². The van der Waals surface area contributed by atoms with E-state index >= 15 is 0 Å². The number of H-pyrrole nitrogens is 2. The van der Waals surface area contributed by atoms with Crippen LogP contribution in [0.4, 0.5) is 5.82 Å². The molecule has 1 aliphatic rings. The van der Waals surface area contributed by atoms with E-state index in [1.807, 2.05) is 18.7 Å². The Bertz CT molecular complexity index is 1150. The molecule has 0 unspecified atom stereocenters. The van der Waals surface area contributed by atoms with Gasteiger partial charge in [0.1, 0.15) is 11.5 Å². The average Bonchev–Trinajstić information content (AvgIpc) is 2.97. The minimum Gasteiger partial charge on any atom is -0.389 e. The molecule has 0 radical (unpaired) electrons. The van der Waals surface area contributed by atoms with Gasteiger partial charge in [-0.15, -0.1) is 0 Å². The lowest BCUT2D eigenvalue weighted by molar-refractivity contribution is 0.141. The van der Waals surface area contributed by atoms with Crippen molar-refractivity contribution in [1.29, 1.82) is 0 Å². The first-order chi connectivity index (χ1) is 13.9. The second-order valence-electron chi connectivity index (χ2n) is 6.91. The number of rotatable bonds is 6. The highest BCUT2D eigenvalue weighted by Gasteiger charge is 2.30.